The van der Waals surface area contributed by atoms with Gasteiger partial charge in [-0.05, 0) is 55.7 Å². The lowest BCUT2D eigenvalue weighted by Gasteiger charge is -2.27. The van der Waals surface area contributed by atoms with Crippen LogP contribution in [0.5, 0.6) is 0 Å². The van der Waals surface area contributed by atoms with Crippen molar-refractivity contribution in [2.75, 3.05) is 0 Å². The molecule has 0 N–H and O–H groups in total. The number of hydrogen-bond donors (Lipinski definition) is 0. The third kappa shape index (κ3) is 6.14. The molecule has 0 saturated carbocycles. The average Bonchev–Trinajstić information content (AvgIpc) is 3.27. The first-order chi connectivity index (χ1) is 17.7. The summed E-state index contributed by atoms with van der Waals surface area (Å²) in [5, 5.41) is -0.0449. The maximum absolute atomic E-state index is 13.8. The number of sulfone groups is 1. The molecule has 4 aromatic rings. The lowest BCUT2D eigenvalue weighted by atomic mass is 10.1. The van der Waals surface area contributed by atoms with E-state index in [4.69, 9.17) is 0 Å². The second-order valence-electron chi connectivity index (χ2n) is 9.33. The van der Waals surface area contributed by atoms with Gasteiger partial charge in [0.15, 0.2) is 0 Å². The van der Waals surface area contributed by atoms with Crippen molar-refractivity contribution in [3.8, 4) is 0 Å². The zero-order valence-electron chi connectivity index (χ0n) is 21.1. The van der Waals surface area contributed by atoms with Gasteiger partial charge in [0.05, 0.1) is 30.7 Å². The lowest BCUT2D eigenvalue weighted by Crippen LogP contribution is -2.37. The SMILES string of the molecule is Cc1ccccc1CS(=O)(=O)c1ncc(CN(C(=O)c2cccc(F)c2)C(C)C)n1Cc1ccccc1. The van der Waals surface area contributed by atoms with E-state index in [1.54, 1.807) is 21.6 Å². The lowest BCUT2D eigenvalue weighted by molar-refractivity contribution is 0.0685. The molecule has 0 atom stereocenters. The molecule has 4 rings (SSSR count). The van der Waals surface area contributed by atoms with E-state index in [-0.39, 0.29) is 41.5 Å². The van der Waals surface area contributed by atoms with Crippen molar-refractivity contribution in [1.29, 1.82) is 0 Å². The number of aromatic nitrogens is 2. The molecule has 3 aromatic carbocycles. The zero-order valence-corrected chi connectivity index (χ0v) is 22.0. The smallest absolute Gasteiger partial charge is 0.254 e. The Kier molecular flexibility index (Phi) is 7.88. The van der Waals surface area contributed by atoms with Gasteiger partial charge in [0.25, 0.3) is 5.91 Å². The van der Waals surface area contributed by atoms with Gasteiger partial charge in [-0.1, -0.05) is 60.7 Å². The molecule has 0 aliphatic rings. The Balaban J connectivity index is 1.74. The maximum atomic E-state index is 13.8. The Hall–Kier alpha value is -3.78. The summed E-state index contributed by atoms with van der Waals surface area (Å²) in [6, 6.07) is 22.2. The van der Waals surface area contributed by atoms with E-state index >= 15 is 0 Å². The second kappa shape index (κ2) is 11.1. The number of hydrogen-bond acceptors (Lipinski definition) is 4. The number of aryl methyl sites for hydroxylation is 1. The van der Waals surface area contributed by atoms with Crippen molar-refractivity contribution in [2.24, 2.45) is 0 Å². The van der Waals surface area contributed by atoms with Gasteiger partial charge in [0, 0.05) is 11.6 Å². The van der Waals surface area contributed by atoms with Crippen LogP contribution in [0.2, 0.25) is 0 Å². The normalized spacial score (nSPS) is 11.6. The minimum absolute atomic E-state index is 0.0449. The number of benzene rings is 3. The minimum atomic E-state index is -3.80. The monoisotopic (exact) mass is 519 g/mol. The molecule has 8 heteroatoms. The molecule has 0 unspecified atom stereocenters. The highest BCUT2D eigenvalue weighted by atomic mass is 32.2. The van der Waals surface area contributed by atoms with Crippen LogP contribution in [-0.2, 0) is 28.7 Å². The van der Waals surface area contributed by atoms with E-state index < -0.39 is 15.7 Å². The summed E-state index contributed by atoms with van der Waals surface area (Å²) in [5.41, 5.74) is 3.31. The van der Waals surface area contributed by atoms with Gasteiger partial charge in [-0.3, -0.25) is 4.79 Å². The van der Waals surface area contributed by atoms with Gasteiger partial charge in [-0.15, -0.1) is 0 Å². The molecule has 1 heterocycles. The first-order valence-electron chi connectivity index (χ1n) is 12.1. The third-order valence-corrected chi connectivity index (χ3v) is 7.83. The van der Waals surface area contributed by atoms with Crippen LogP contribution in [0.1, 0.15) is 46.6 Å². The van der Waals surface area contributed by atoms with Crippen LogP contribution >= 0.6 is 0 Å². The molecule has 0 radical (unpaired) electrons. The molecule has 0 spiro atoms. The van der Waals surface area contributed by atoms with Crippen molar-refractivity contribution in [3.63, 3.8) is 0 Å². The standard InChI is InChI=1S/C29H30FN3O3S/c1-21(2)32(28(34)24-14-9-15-26(30)16-24)19-27-17-31-29(33(27)18-23-11-5-4-6-12-23)37(35,36)20-25-13-8-7-10-22(25)3/h4-17,21H,18-20H2,1-3H3. The molecule has 1 amide bonds. The molecule has 0 aliphatic carbocycles. The van der Waals surface area contributed by atoms with Gasteiger partial charge in [0.1, 0.15) is 5.82 Å². The van der Waals surface area contributed by atoms with E-state index in [1.807, 2.05) is 69.3 Å². The number of rotatable bonds is 9. The Morgan fingerprint density at radius 1 is 1.00 bits per heavy atom. The number of carbonyl (C=O) groups is 1. The fourth-order valence-corrected chi connectivity index (χ4v) is 5.79. The van der Waals surface area contributed by atoms with Crippen LogP contribution in [0.4, 0.5) is 4.39 Å². The van der Waals surface area contributed by atoms with Gasteiger partial charge >= 0.3 is 0 Å². The predicted octanol–water partition coefficient (Wildman–Crippen LogP) is 5.40. The van der Waals surface area contributed by atoms with E-state index in [0.717, 1.165) is 11.1 Å². The van der Waals surface area contributed by atoms with Crippen LogP contribution in [0.25, 0.3) is 0 Å². The molecule has 0 bridgehead atoms. The summed E-state index contributed by atoms with van der Waals surface area (Å²) in [5.74, 6) is -1.01. The van der Waals surface area contributed by atoms with E-state index in [1.165, 1.54) is 24.4 Å². The summed E-state index contributed by atoms with van der Waals surface area (Å²) in [7, 11) is -3.80. The van der Waals surface area contributed by atoms with Gasteiger partial charge in [-0.25, -0.2) is 17.8 Å². The summed E-state index contributed by atoms with van der Waals surface area (Å²) < 4.78 is 42.6. The molecule has 0 saturated heterocycles. The highest BCUT2D eigenvalue weighted by molar-refractivity contribution is 7.90. The third-order valence-electron chi connectivity index (χ3n) is 6.26. The van der Waals surface area contributed by atoms with Crippen molar-refractivity contribution in [1.82, 2.24) is 14.5 Å². The Morgan fingerprint density at radius 2 is 1.70 bits per heavy atom. The summed E-state index contributed by atoms with van der Waals surface area (Å²) in [6.07, 6.45) is 1.52. The van der Waals surface area contributed by atoms with Crippen LogP contribution in [0.15, 0.2) is 90.2 Å². The highest BCUT2D eigenvalue weighted by Crippen LogP contribution is 2.23. The second-order valence-corrected chi connectivity index (χ2v) is 11.2. The van der Waals surface area contributed by atoms with Crippen LogP contribution in [0, 0.1) is 12.7 Å². The molecular weight excluding hydrogens is 489 g/mol. The number of carbonyl (C=O) groups excluding carboxylic acids is 1. The molecule has 1 aromatic heterocycles. The van der Waals surface area contributed by atoms with Gasteiger partial charge in [0.2, 0.25) is 15.0 Å². The van der Waals surface area contributed by atoms with Gasteiger partial charge in [-0.2, -0.15) is 0 Å². The van der Waals surface area contributed by atoms with E-state index in [2.05, 4.69) is 4.98 Å². The predicted molar refractivity (Wildman–Crippen MR) is 141 cm³/mol. The number of imidazole rings is 1. The first-order valence-corrected chi connectivity index (χ1v) is 13.7. The fraction of sp³-hybridized carbons (Fsp3) is 0.241. The van der Waals surface area contributed by atoms with Crippen LogP contribution < -0.4 is 0 Å². The Labute approximate surface area is 217 Å². The molecule has 0 aliphatic heterocycles. The highest BCUT2D eigenvalue weighted by Gasteiger charge is 2.27. The summed E-state index contributed by atoms with van der Waals surface area (Å²) in [6.45, 7) is 6.01. The largest absolute Gasteiger partial charge is 0.330 e. The van der Waals surface area contributed by atoms with Crippen molar-refractivity contribution < 1.29 is 17.6 Å². The number of amides is 1. The number of nitrogens with zero attached hydrogens (tertiary/aromatic N) is 3. The Morgan fingerprint density at radius 3 is 2.38 bits per heavy atom. The molecule has 192 valence electrons. The maximum Gasteiger partial charge on any atom is 0.254 e. The fourth-order valence-electron chi connectivity index (χ4n) is 4.19. The molecule has 6 nitrogen and oxygen atoms in total. The zero-order chi connectivity index (χ0) is 26.6. The average molecular weight is 520 g/mol. The minimum Gasteiger partial charge on any atom is -0.330 e. The van der Waals surface area contributed by atoms with Crippen LogP contribution in [-0.4, -0.2) is 34.8 Å². The Bertz CT molecular complexity index is 1500. The topological polar surface area (TPSA) is 72.3 Å². The molecule has 37 heavy (non-hydrogen) atoms. The summed E-state index contributed by atoms with van der Waals surface area (Å²) in [4.78, 5) is 19.2. The molecule has 0 fully saturated rings. The summed E-state index contributed by atoms with van der Waals surface area (Å²) >= 11 is 0. The van der Waals surface area contributed by atoms with Crippen LogP contribution in [0.3, 0.4) is 0 Å². The van der Waals surface area contributed by atoms with E-state index in [0.29, 0.717) is 11.3 Å². The van der Waals surface area contributed by atoms with E-state index in [9.17, 15) is 17.6 Å². The molecular formula is C29H30FN3O3S. The van der Waals surface area contributed by atoms with Crippen molar-refractivity contribution >= 4 is 15.7 Å². The van der Waals surface area contributed by atoms with Gasteiger partial charge < -0.3 is 9.47 Å². The van der Waals surface area contributed by atoms with Crippen molar-refractivity contribution in [3.05, 3.63) is 119 Å². The van der Waals surface area contributed by atoms with Crippen molar-refractivity contribution in [2.45, 2.75) is 50.8 Å². The number of halogens is 1. The quantitative estimate of drug-likeness (QED) is 0.297. The first kappa shape index (κ1) is 26.3.